The highest BCUT2D eigenvalue weighted by Gasteiger charge is 2.49. The molecule has 1 aliphatic rings. The lowest BCUT2D eigenvalue weighted by Crippen LogP contribution is -2.50. The van der Waals surface area contributed by atoms with Crippen molar-refractivity contribution in [3.8, 4) is 0 Å². The third kappa shape index (κ3) is 3.34. The summed E-state index contributed by atoms with van der Waals surface area (Å²) in [6.45, 7) is 2.46. The molecule has 2 atom stereocenters. The van der Waals surface area contributed by atoms with Crippen LogP contribution in [0.3, 0.4) is 0 Å². The van der Waals surface area contributed by atoms with Gasteiger partial charge in [0.25, 0.3) is 0 Å². The molecule has 0 bridgehead atoms. The number of rotatable bonds is 5. The number of nitrogens with zero attached hydrogens (tertiary/aromatic N) is 3. The minimum absolute atomic E-state index is 0.0985. The van der Waals surface area contributed by atoms with Crippen LogP contribution in [0.25, 0.3) is 11.0 Å². The number of aliphatic hydroxyl groups is 1. The minimum atomic E-state index is -1.30. The van der Waals surface area contributed by atoms with Gasteiger partial charge >= 0.3 is 0 Å². The number of amidine groups is 1. The molecular formula is C20H21N3O3S. The van der Waals surface area contributed by atoms with E-state index in [2.05, 4.69) is 4.98 Å². The van der Waals surface area contributed by atoms with Crippen molar-refractivity contribution in [2.24, 2.45) is 4.99 Å². The van der Waals surface area contributed by atoms with Gasteiger partial charge in [-0.2, -0.15) is 0 Å². The molecule has 0 unspecified atom stereocenters. The summed E-state index contributed by atoms with van der Waals surface area (Å²) in [5.74, 6) is 0.926. The molecule has 2 aromatic heterocycles. The Morgan fingerprint density at radius 3 is 2.96 bits per heavy atom. The van der Waals surface area contributed by atoms with Crippen molar-refractivity contribution < 1.29 is 14.3 Å². The van der Waals surface area contributed by atoms with Gasteiger partial charge in [-0.3, -0.25) is 4.98 Å². The van der Waals surface area contributed by atoms with Crippen LogP contribution in [-0.4, -0.2) is 45.7 Å². The fourth-order valence-corrected chi connectivity index (χ4v) is 4.57. The van der Waals surface area contributed by atoms with E-state index in [0.717, 1.165) is 21.8 Å². The lowest BCUT2D eigenvalue weighted by molar-refractivity contribution is -0.0888. The lowest BCUT2D eigenvalue weighted by atomic mass is 10.1. The fraction of sp³-hybridized carbons (Fsp3) is 0.300. The maximum absolute atomic E-state index is 11.6. The minimum Gasteiger partial charge on any atom is -0.456 e. The normalized spacial score (nSPS) is 22.6. The first kappa shape index (κ1) is 18.0. The summed E-state index contributed by atoms with van der Waals surface area (Å²) >= 11 is 1.49. The first-order chi connectivity index (χ1) is 13.1. The third-order valence-electron chi connectivity index (χ3n) is 4.55. The summed E-state index contributed by atoms with van der Waals surface area (Å²) in [4.78, 5) is 10.7. The summed E-state index contributed by atoms with van der Waals surface area (Å²) in [6.07, 6.45) is 3.41. The van der Waals surface area contributed by atoms with Gasteiger partial charge in [-0.1, -0.05) is 30.0 Å². The van der Waals surface area contributed by atoms with E-state index < -0.39 is 5.72 Å². The van der Waals surface area contributed by atoms with Crippen LogP contribution >= 0.6 is 11.8 Å². The number of methoxy groups -OCH3 is 1. The average Bonchev–Trinajstić information content (AvgIpc) is 3.25. The van der Waals surface area contributed by atoms with Gasteiger partial charge in [-0.25, -0.2) is 4.99 Å². The monoisotopic (exact) mass is 383 g/mol. The summed E-state index contributed by atoms with van der Waals surface area (Å²) in [6, 6.07) is 13.3. The molecule has 1 N–H and O–H groups in total. The van der Waals surface area contributed by atoms with Crippen molar-refractivity contribution in [1.29, 1.82) is 0 Å². The van der Waals surface area contributed by atoms with Crippen LogP contribution in [0.4, 0.5) is 5.69 Å². The van der Waals surface area contributed by atoms with E-state index in [1.54, 1.807) is 19.5 Å². The largest absolute Gasteiger partial charge is 0.456 e. The SMILES string of the molecule is COC[C@H](C)N1C(=Nc2cccnc2)SC[C@]1(O)c1cc2ccccc2o1. The number of ether oxygens (including phenoxy) is 1. The summed E-state index contributed by atoms with van der Waals surface area (Å²) in [5, 5.41) is 13.3. The number of thioether (sulfide) groups is 1. The molecule has 3 aromatic rings. The van der Waals surface area contributed by atoms with E-state index in [-0.39, 0.29) is 6.04 Å². The predicted molar refractivity (Wildman–Crippen MR) is 107 cm³/mol. The van der Waals surface area contributed by atoms with E-state index in [9.17, 15) is 5.11 Å². The molecule has 140 valence electrons. The number of para-hydroxylation sites is 1. The predicted octanol–water partition coefficient (Wildman–Crippen LogP) is 3.74. The molecular weight excluding hydrogens is 362 g/mol. The Balaban J connectivity index is 1.77. The van der Waals surface area contributed by atoms with Gasteiger partial charge in [0, 0.05) is 18.7 Å². The fourth-order valence-electron chi connectivity index (χ4n) is 3.32. The average molecular weight is 383 g/mol. The topological polar surface area (TPSA) is 71.1 Å². The molecule has 6 nitrogen and oxygen atoms in total. The van der Waals surface area contributed by atoms with Crippen molar-refractivity contribution in [3.63, 3.8) is 0 Å². The van der Waals surface area contributed by atoms with Crippen molar-refractivity contribution in [2.75, 3.05) is 19.5 Å². The van der Waals surface area contributed by atoms with Crippen LogP contribution in [0.15, 0.2) is 64.3 Å². The first-order valence-corrected chi connectivity index (χ1v) is 9.71. The van der Waals surface area contributed by atoms with E-state index in [4.69, 9.17) is 14.1 Å². The zero-order valence-electron chi connectivity index (χ0n) is 15.2. The number of benzene rings is 1. The van der Waals surface area contributed by atoms with Crippen molar-refractivity contribution in [3.05, 3.63) is 60.6 Å². The van der Waals surface area contributed by atoms with Gasteiger partial charge in [0.05, 0.1) is 30.3 Å². The lowest BCUT2D eigenvalue weighted by Gasteiger charge is -2.36. The van der Waals surface area contributed by atoms with E-state index in [1.165, 1.54) is 11.8 Å². The molecule has 1 fully saturated rings. The summed E-state index contributed by atoms with van der Waals surface area (Å²) in [7, 11) is 1.65. The Hall–Kier alpha value is -2.35. The van der Waals surface area contributed by atoms with Gasteiger partial charge in [0.2, 0.25) is 5.72 Å². The number of pyridine rings is 1. The Morgan fingerprint density at radius 1 is 1.37 bits per heavy atom. The Labute approximate surface area is 161 Å². The summed E-state index contributed by atoms with van der Waals surface area (Å²) < 4.78 is 11.3. The van der Waals surface area contributed by atoms with Gasteiger partial charge in [-0.15, -0.1) is 0 Å². The van der Waals surface area contributed by atoms with Crippen molar-refractivity contribution >= 4 is 33.6 Å². The molecule has 27 heavy (non-hydrogen) atoms. The number of furan rings is 1. The van der Waals surface area contributed by atoms with E-state index in [0.29, 0.717) is 18.1 Å². The van der Waals surface area contributed by atoms with Crippen LogP contribution in [-0.2, 0) is 10.5 Å². The maximum atomic E-state index is 11.6. The highest BCUT2D eigenvalue weighted by Crippen LogP contribution is 2.43. The van der Waals surface area contributed by atoms with Crippen LogP contribution in [0, 0.1) is 0 Å². The highest BCUT2D eigenvalue weighted by molar-refractivity contribution is 8.14. The summed E-state index contributed by atoms with van der Waals surface area (Å²) in [5.41, 5.74) is 0.189. The smallest absolute Gasteiger partial charge is 0.209 e. The molecule has 0 aliphatic carbocycles. The van der Waals surface area contributed by atoms with Crippen LogP contribution < -0.4 is 0 Å². The Morgan fingerprint density at radius 2 is 2.22 bits per heavy atom. The molecule has 0 saturated carbocycles. The van der Waals surface area contributed by atoms with Gasteiger partial charge in [0.1, 0.15) is 5.58 Å². The second kappa shape index (κ2) is 7.34. The zero-order valence-corrected chi connectivity index (χ0v) is 16.0. The van der Waals surface area contributed by atoms with E-state index >= 15 is 0 Å². The number of hydrogen-bond acceptors (Lipinski definition) is 6. The molecule has 0 radical (unpaired) electrons. The van der Waals surface area contributed by atoms with Gasteiger partial charge in [0.15, 0.2) is 10.9 Å². The van der Waals surface area contributed by atoms with Gasteiger partial charge in [-0.05, 0) is 31.2 Å². The molecule has 1 saturated heterocycles. The third-order valence-corrected chi connectivity index (χ3v) is 5.64. The molecule has 3 heterocycles. The second-order valence-electron chi connectivity index (χ2n) is 6.53. The molecule has 1 aromatic carbocycles. The highest BCUT2D eigenvalue weighted by atomic mass is 32.2. The standard InChI is InChI=1S/C20H21N3O3S/c1-14(12-25-2)23-19(22-16-7-5-9-21-11-16)27-13-20(23,24)18-10-15-6-3-4-8-17(15)26-18/h3-11,14,24H,12-13H2,1-2H3/t14-,20-/m0/s1. The molecule has 7 heteroatoms. The Kier molecular flexibility index (Phi) is 4.90. The van der Waals surface area contributed by atoms with Crippen LogP contribution in [0.1, 0.15) is 12.7 Å². The zero-order chi connectivity index (χ0) is 18.9. The second-order valence-corrected chi connectivity index (χ2v) is 7.48. The van der Waals surface area contributed by atoms with Crippen LogP contribution in [0.2, 0.25) is 0 Å². The molecule has 0 spiro atoms. The van der Waals surface area contributed by atoms with Gasteiger partial charge < -0.3 is 19.2 Å². The molecule has 4 rings (SSSR count). The van der Waals surface area contributed by atoms with Crippen molar-refractivity contribution in [2.45, 2.75) is 18.7 Å². The Bertz CT molecular complexity index is 926. The van der Waals surface area contributed by atoms with E-state index in [1.807, 2.05) is 54.3 Å². The molecule has 1 aliphatic heterocycles. The maximum Gasteiger partial charge on any atom is 0.209 e. The first-order valence-electron chi connectivity index (χ1n) is 8.73. The molecule has 0 amide bonds. The quantitative estimate of drug-likeness (QED) is 0.724. The van der Waals surface area contributed by atoms with Crippen LogP contribution in [0.5, 0.6) is 0 Å². The number of hydrogen-bond donors (Lipinski definition) is 1. The van der Waals surface area contributed by atoms with Crippen molar-refractivity contribution in [1.82, 2.24) is 9.88 Å². The number of fused-ring (bicyclic) bond motifs is 1. The number of aromatic nitrogens is 1. The number of aliphatic imine (C=N–C) groups is 1.